The van der Waals surface area contributed by atoms with Gasteiger partial charge in [0.05, 0.1) is 19.8 Å². The monoisotopic (exact) mass is 1000 g/mol. The van der Waals surface area contributed by atoms with Gasteiger partial charge in [0.15, 0.2) is 0 Å². The molecular weight excluding hydrogens is 932 g/mol. The molecule has 1 atom stereocenters. The molecule has 15 nitrogen and oxygen atoms in total. The van der Waals surface area contributed by atoms with Crippen LogP contribution in [0.1, 0.15) is 116 Å². The molecule has 54 heavy (non-hydrogen) atoms. The SMILES string of the molecule is C[I-]I(C)C(=O)COCCOCCNC(=O)COCCOCCNC(=O)CC[C@H](NC(=O)CCCCCCCCCCCCCCCCC(=O)O)C(=O)O. The maximum atomic E-state index is 12.3. The van der Waals surface area contributed by atoms with Crippen molar-refractivity contribution in [3.63, 3.8) is 0 Å². The number of amides is 3. The third-order valence-electron chi connectivity index (χ3n) is 8.17. The first-order valence-electron chi connectivity index (χ1n) is 19.3. The predicted octanol–water partition coefficient (Wildman–Crippen LogP) is 1.26. The quantitative estimate of drug-likeness (QED) is 0.0254. The van der Waals surface area contributed by atoms with Crippen molar-refractivity contribution in [2.45, 2.75) is 122 Å². The third-order valence-corrected chi connectivity index (χ3v) is 22.6. The van der Waals surface area contributed by atoms with Crippen LogP contribution in [0.5, 0.6) is 0 Å². The first-order chi connectivity index (χ1) is 26.1. The summed E-state index contributed by atoms with van der Waals surface area (Å²) in [7, 11) is 0. The zero-order valence-corrected chi connectivity index (χ0v) is 36.9. The second kappa shape index (κ2) is 38.2. The number of unbranched alkanes of at least 4 members (excludes halogenated alkanes) is 13. The average molecular weight is 1000 g/mol. The number of ether oxygens (including phenoxy) is 4. The Morgan fingerprint density at radius 2 is 1.00 bits per heavy atom. The molecule has 0 aromatic heterocycles. The molecule has 0 aromatic carbocycles. The molecule has 0 saturated carbocycles. The van der Waals surface area contributed by atoms with Gasteiger partial charge in [-0.15, -0.1) is 0 Å². The van der Waals surface area contributed by atoms with E-state index in [2.05, 4.69) is 25.8 Å². The van der Waals surface area contributed by atoms with Gasteiger partial charge in [-0.2, -0.15) is 0 Å². The fourth-order valence-corrected chi connectivity index (χ4v) is 10.0. The van der Waals surface area contributed by atoms with Gasteiger partial charge in [0, 0.05) is 25.8 Å². The number of halogens is 2. The van der Waals surface area contributed by atoms with E-state index in [1.807, 2.05) is 0 Å². The summed E-state index contributed by atoms with van der Waals surface area (Å²) in [5.41, 5.74) is 0. The molecule has 0 rings (SSSR count). The van der Waals surface area contributed by atoms with Crippen molar-refractivity contribution in [3.8, 4) is 0 Å². The Labute approximate surface area is 335 Å². The smallest absolute Gasteiger partial charge is 0.481 e. The maximum absolute atomic E-state index is 12.3. The molecule has 0 spiro atoms. The van der Waals surface area contributed by atoms with Gasteiger partial charge in [-0.1, -0.05) is 77.0 Å². The molecule has 5 N–H and O–H groups in total. The molecule has 0 heterocycles. The number of aliphatic carboxylic acids is 2. The van der Waals surface area contributed by atoms with Crippen molar-refractivity contribution in [2.75, 3.05) is 75.8 Å². The second-order valence-electron chi connectivity index (χ2n) is 12.8. The van der Waals surface area contributed by atoms with Gasteiger partial charge in [0.1, 0.15) is 6.04 Å². The standard InChI is InChI=1S/C37H68I2N3O12/c1-38-39(2)32(43)29-53-27-25-52-24-22-41-35(46)30-54-28-26-51-23-21-40-33(44)20-19-31(37(49)50)42-34(45)17-15-13-11-9-7-5-3-4-6-8-10-12-14-16-18-36(47)48/h31H,3-30H2,1-2H3,(H,40,44)(H,41,46)(H,42,45)(H,47,48)(H,49,50)/q-1/t31-/m0/s1. The van der Waals surface area contributed by atoms with E-state index in [0.717, 1.165) is 38.5 Å². The van der Waals surface area contributed by atoms with Crippen LogP contribution in [0.3, 0.4) is 0 Å². The number of carbonyl (C=O) groups excluding carboxylic acids is 4. The van der Waals surface area contributed by atoms with E-state index in [-0.39, 0.29) is 104 Å². The summed E-state index contributed by atoms with van der Waals surface area (Å²) < 4.78 is 21.7. The van der Waals surface area contributed by atoms with Gasteiger partial charge in [0.25, 0.3) is 0 Å². The summed E-state index contributed by atoms with van der Waals surface area (Å²) >= 11 is -1.34. The van der Waals surface area contributed by atoms with E-state index in [1.165, 1.54) is 44.9 Å². The minimum Gasteiger partial charge on any atom is -0.481 e. The van der Waals surface area contributed by atoms with Gasteiger partial charge in [-0.25, -0.2) is 4.79 Å². The van der Waals surface area contributed by atoms with Gasteiger partial charge in [-0.05, 0) is 19.3 Å². The van der Waals surface area contributed by atoms with Gasteiger partial charge >= 0.3 is 133 Å². The molecular formula is C37H68I2N3O12-. The van der Waals surface area contributed by atoms with Crippen LogP contribution in [0.15, 0.2) is 0 Å². The van der Waals surface area contributed by atoms with Gasteiger partial charge in [-0.3, -0.25) is 14.4 Å². The van der Waals surface area contributed by atoms with Gasteiger partial charge < -0.3 is 25.6 Å². The Bertz CT molecular complexity index is 1020. The molecule has 0 saturated heterocycles. The molecule has 17 heteroatoms. The first-order valence-corrected chi connectivity index (χ1v) is 31.0. The summed E-state index contributed by atoms with van der Waals surface area (Å²) in [5, 5.41) is 26.0. The van der Waals surface area contributed by atoms with Crippen molar-refractivity contribution in [1.29, 1.82) is 0 Å². The number of rotatable bonds is 40. The number of carbonyl (C=O) groups is 6. The molecule has 0 fully saturated rings. The molecule has 0 radical (unpaired) electrons. The Kier molecular flexibility index (Phi) is 37.0. The second-order valence-corrected chi connectivity index (χ2v) is 30.8. The zero-order valence-electron chi connectivity index (χ0n) is 32.6. The fraction of sp³-hybridized carbons (Fsp3) is 0.838. The van der Waals surface area contributed by atoms with Gasteiger partial charge in [0.2, 0.25) is 11.8 Å². The number of nitrogens with one attached hydrogen (secondary N) is 3. The van der Waals surface area contributed by atoms with E-state index >= 15 is 0 Å². The first kappa shape index (κ1) is 52.3. The van der Waals surface area contributed by atoms with Crippen LogP contribution in [0.4, 0.5) is 0 Å². The van der Waals surface area contributed by atoms with Crippen LogP contribution in [0.25, 0.3) is 0 Å². The molecule has 318 valence electrons. The van der Waals surface area contributed by atoms with Crippen LogP contribution in [-0.2, 0) is 47.7 Å². The van der Waals surface area contributed by atoms with Crippen LogP contribution in [0, 0.1) is 0 Å². The zero-order chi connectivity index (χ0) is 40.1. The Balaban J connectivity index is 3.67. The molecule has 3 amide bonds. The topological polar surface area (TPSA) is 216 Å². The van der Waals surface area contributed by atoms with Crippen molar-refractivity contribution in [3.05, 3.63) is 0 Å². The average Bonchev–Trinajstić information content (AvgIpc) is 3.14. The van der Waals surface area contributed by atoms with Crippen molar-refractivity contribution in [1.82, 2.24) is 16.0 Å². The van der Waals surface area contributed by atoms with Crippen molar-refractivity contribution >= 4 is 49.3 Å². The number of carboxylic acids is 2. The summed E-state index contributed by atoms with van der Waals surface area (Å²) in [6.07, 6.45) is 15.6. The van der Waals surface area contributed by atoms with Crippen LogP contribution >= 0.6 is 15.8 Å². The summed E-state index contributed by atoms with van der Waals surface area (Å²) in [5.74, 6) is -2.83. The van der Waals surface area contributed by atoms with E-state index in [9.17, 15) is 33.9 Å². The van der Waals surface area contributed by atoms with Crippen molar-refractivity contribution < 1.29 is 75.2 Å². The normalized spacial score (nSPS) is 11.9. The summed E-state index contributed by atoms with van der Waals surface area (Å²) in [6.45, 7) is 2.26. The molecule has 0 bridgehead atoms. The Hall–Kier alpha value is -1.68. The Morgan fingerprint density at radius 3 is 1.48 bits per heavy atom. The number of carboxylic acid groups (broad SMARTS) is 2. The predicted molar refractivity (Wildman–Crippen MR) is 210 cm³/mol. The minimum atomic E-state index is -1.38. The minimum absolute atomic E-state index is 0.0141. The van der Waals surface area contributed by atoms with Crippen LogP contribution in [0.2, 0.25) is 0 Å². The summed E-state index contributed by atoms with van der Waals surface area (Å²) in [6, 6.07) is -1.13. The van der Waals surface area contributed by atoms with Crippen LogP contribution in [-0.4, -0.2) is 126 Å². The van der Waals surface area contributed by atoms with E-state index in [1.54, 1.807) is 0 Å². The van der Waals surface area contributed by atoms with E-state index < -0.39 is 33.8 Å². The van der Waals surface area contributed by atoms with Crippen molar-refractivity contribution in [2.24, 2.45) is 0 Å². The fourth-order valence-electron chi connectivity index (χ4n) is 5.06. The molecule has 0 aliphatic heterocycles. The van der Waals surface area contributed by atoms with E-state index in [4.69, 9.17) is 24.1 Å². The third kappa shape index (κ3) is 36.0. The molecule has 0 aromatic rings. The number of alkyl halides is 2. The Morgan fingerprint density at radius 1 is 0.556 bits per heavy atom. The molecule has 0 aliphatic rings. The molecule has 0 unspecified atom stereocenters. The summed E-state index contributed by atoms with van der Waals surface area (Å²) in [4.78, 5) is 74.4. The van der Waals surface area contributed by atoms with Crippen LogP contribution < -0.4 is 33.2 Å². The number of hydrogen-bond donors (Lipinski definition) is 5. The number of hydrogen-bond acceptors (Lipinski definition) is 10. The molecule has 0 aliphatic carbocycles. The van der Waals surface area contributed by atoms with E-state index in [0.29, 0.717) is 32.8 Å².